The number of nitrogens with two attached hydrogens (primary N) is 1. The molecule has 1 amide bonds. The molecule has 0 aliphatic carbocycles. The number of hydrazine groups is 2. The van der Waals surface area contributed by atoms with Crippen LogP contribution >= 0.6 is 34.5 Å². The summed E-state index contributed by atoms with van der Waals surface area (Å²) in [6, 6.07) is 6.96. The zero-order valence-electron chi connectivity index (χ0n) is 14.1. The zero-order chi connectivity index (χ0) is 18.7. The molecule has 1 aliphatic rings. The first-order valence-corrected chi connectivity index (χ1v) is 9.60. The number of nitrogens with zero attached hydrogens (tertiary/aromatic N) is 1. The van der Waals surface area contributed by atoms with Gasteiger partial charge in [-0.25, -0.2) is 0 Å². The Hall–Kier alpha value is -1.77. The van der Waals surface area contributed by atoms with Crippen LogP contribution in [0.25, 0.3) is 5.70 Å². The van der Waals surface area contributed by atoms with Crippen LogP contribution in [-0.2, 0) is 6.42 Å². The van der Waals surface area contributed by atoms with Crippen LogP contribution in [0.3, 0.4) is 0 Å². The molecule has 3 rings (SSSR count). The Kier molecular flexibility index (Phi) is 6.05. The molecule has 9 heteroatoms. The molecule has 0 spiro atoms. The number of rotatable bonds is 6. The third-order valence-electron chi connectivity index (χ3n) is 4.02. The Morgan fingerprint density at radius 3 is 2.85 bits per heavy atom. The summed E-state index contributed by atoms with van der Waals surface area (Å²) in [5.74, 6) is -0.149. The minimum absolute atomic E-state index is 0.149. The fourth-order valence-corrected chi connectivity index (χ4v) is 3.91. The summed E-state index contributed by atoms with van der Waals surface area (Å²) in [4.78, 5) is 13.2. The van der Waals surface area contributed by atoms with Crippen LogP contribution < -0.4 is 22.0 Å². The molecule has 2 heterocycles. The molecule has 0 unspecified atom stereocenters. The summed E-state index contributed by atoms with van der Waals surface area (Å²) in [7, 11) is 1.89. The van der Waals surface area contributed by atoms with E-state index in [0.29, 0.717) is 27.9 Å². The van der Waals surface area contributed by atoms with Gasteiger partial charge in [-0.15, -0.1) is 16.9 Å². The van der Waals surface area contributed by atoms with Gasteiger partial charge in [-0.3, -0.25) is 9.80 Å². The quantitative estimate of drug-likeness (QED) is 0.587. The summed E-state index contributed by atoms with van der Waals surface area (Å²) >= 11 is 13.5. The molecule has 6 nitrogen and oxygen atoms in total. The Balaban J connectivity index is 1.67. The highest BCUT2D eigenvalue weighted by molar-refractivity contribution is 7.12. The lowest BCUT2D eigenvalue weighted by atomic mass is 10.1. The van der Waals surface area contributed by atoms with Gasteiger partial charge < -0.3 is 16.5 Å². The average molecular weight is 412 g/mol. The zero-order valence-corrected chi connectivity index (χ0v) is 16.4. The molecule has 26 heavy (non-hydrogen) atoms. The summed E-state index contributed by atoms with van der Waals surface area (Å²) in [5, 5.41) is 7.91. The maximum absolute atomic E-state index is 12.6. The first kappa shape index (κ1) is 19.0. The third-order valence-corrected chi connectivity index (χ3v) is 5.54. The molecule has 138 valence electrons. The van der Waals surface area contributed by atoms with Gasteiger partial charge in [-0.05, 0) is 30.2 Å². The molecule has 1 aromatic carbocycles. The van der Waals surface area contributed by atoms with Gasteiger partial charge in [0.05, 0.1) is 10.6 Å². The number of carbonyl (C=O) groups is 1. The normalized spacial score (nSPS) is 14.8. The summed E-state index contributed by atoms with van der Waals surface area (Å²) in [5.41, 5.74) is 14.5. The topological polar surface area (TPSA) is 82.4 Å². The number of hydrogen-bond acceptors (Lipinski definition) is 6. The van der Waals surface area contributed by atoms with Crippen LogP contribution in [-0.4, -0.2) is 30.6 Å². The number of amides is 1. The Morgan fingerprint density at radius 1 is 1.38 bits per heavy atom. The van der Waals surface area contributed by atoms with E-state index in [0.717, 1.165) is 16.8 Å². The minimum Gasteiger partial charge on any atom is -0.347 e. The molecular formula is C17H19Cl2N5OS. The smallest absolute Gasteiger partial charge is 0.261 e. The third kappa shape index (κ3) is 4.31. The predicted molar refractivity (Wildman–Crippen MR) is 107 cm³/mol. The minimum atomic E-state index is -0.219. The SMILES string of the molecule is CN1NNC=C1c1csc(C(=O)N[C@H](CN)Cc2ccc(Cl)cc2Cl)c1. The average Bonchev–Trinajstić information content (AvgIpc) is 3.25. The predicted octanol–water partition coefficient (Wildman–Crippen LogP) is 2.61. The van der Waals surface area contributed by atoms with E-state index in [1.165, 1.54) is 11.3 Å². The van der Waals surface area contributed by atoms with Crippen molar-refractivity contribution in [3.05, 3.63) is 61.9 Å². The number of hydrogen-bond donors (Lipinski definition) is 4. The van der Waals surface area contributed by atoms with E-state index in [1.807, 2.05) is 35.8 Å². The largest absolute Gasteiger partial charge is 0.347 e. The summed E-state index contributed by atoms with van der Waals surface area (Å²) in [6.07, 6.45) is 2.38. The van der Waals surface area contributed by atoms with Gasteiger partial charge in [0.2, 0.25) is 0 Å². The molecule has 0 fully saturated rings. The number of nitrogens with one attached hydrogen (secondary N) is 3. The van der Waals surface area contributed by atoms with E-state index in [2.05, 4.69) is 16.3 Å². The van der Waals surface area contributed by atoms with Gasteiger partial charge in [0.15, 0.2) is 0 Å². The monoisotopic (exact) mass is 411 g/mol. The van der Waals surface area contributed by atoms with Crippen molar-refractivity contribution >= 4 is 46.1 Å². The van der Waals surface area contributed by atoms with Gasteiger partial charge in [0.1, 0.15) is 0 Å². The number of benzene rings is 1. The second kappa shape index (κ2) is 8.28. The van der Waals surface area contributed by atoms with Crippen molar-refractivity contribution in [2.24, 2.45) is 5.73 Å². The molecule has 1 atom stereocenters. The molecule has 2 aromatic rings. The first-order chi connectivity index (χ1) is 12.5. The van der Waals surface area contributed by atoms with E-state index in [-0.39, 0.29) is 11.9 Å². The van der Waals surface area contributed by atoms with Gasteiger partial charge in [-0.2, -0.15) is 0 Å². The number of thiophene rings is 1. The fourth-order valence-electron chi connectivity index (χ4n) is 2.62. The highest BCUT2D eigenvalue weighted by atomic mass is 35.5. The second-order valence-electron chi connectivity index (χ2n) is 5.89. The maximum Gasteiger partial charge on any atom is 0.261 e. The standard InChI is InChI=1S/C17H19Cl2N5OS/c1-24-15(8-21-23-24)11-5-16(26-9-11)17(25)22-13(7-20)4-10-2-3-12(18)6-14(10)19/h2-3,5-6,8-9,13,21,23H,4,7,20H2,1H3,(H,22,25)/t13-/m0/s1. The Labute approximate surface area is 165 Å². The summed E-state index contributed by atoms with van der Waals surface area (Å²) in [6.45, 7) is 0.310. The summed E-state index contributed by atoms with van der Waals surface area (Å²) < 4.78 is 0. The molecule has 0 saturated heterocycles. The van der Waals surface area contributed by atoms with Crippen LogP contribution in [0.1, 0.15) is 20.8 Å². The van der Waals surface area contributed by atoms with E-state index in [9.17, 15) is 4.79 Å². The lowest BCUT2D eigenvalue weighted by Gasteiger charge is -2.17. The van der Waals surface area contributed by atoms with Gasteiger partial charge >= 0.3 is 0 Å². The van der Waals surface area contributed by atoms with Crippen molar-refractivity contribution in [2.75, 3.05) is 13.6 Å². The van der Waals surface area contributed by atoms with Gasteiger partial charge in [0, 0.05) is 46.8 Å². The van der Waals surface area contributed by atoms with Crippen LogP contribution in [0.15, 0.2) is 35.8 Å². The first-order valence-electron chi connectivity index (χ1n) is 7.96. The fraction of sp³-hybridized carbons (Fsp3) is 0.235. The molecule has 0 radical (unpaired) electrons. The van der Waals surface area contributed by atoms with Crippen molar-refractivity contribution in [3.63, 3.8) is 0 Å². The highest BCUT2D eigenvalue weighted by Crippen LogP contribution is 2.25. The molecule has 1 aromatic heterocycles. The van der Waals surface area contributed by atoms with Crippen molar-refractivity contribution in [1.29, 1.82) is 0 Å². The van der Waals surface area contributed by atoms with Crippen molar-refractivity contribution in [3.8, 4) is 0 Å². The van der Waals surface area contributed by atoms with Crippen molar-refractivity contribution in [1.82, 2.24) is 21.3 Å². The van der Waals surface area contributed by atoms with Crippen LogP contribution in [0, 0.1) is 0 Å². The van der Waals surface area contributed by atoms with E-state index in [1.54, 1.807) is 12.1 Å². The van der Waals surface area contributed by atoms with E-state index >= 15 is 0 Å². The lowest BCUT2D eigenvalue weighted by Crippen LogP contribution is -2.41. The lowest BCUT2D eigenvalue weighted by molar-refractivity contribution is 0.0942. The Morgan fingerprint density at radius 2 is 2.19 bits per heavy atom. The van der Waals surface area contributed by atoms with Crippen molar-refractivity contribution in [2.45, 2.75) is 12.5 Å². The molecule has 0 saturated carbocycles. The molecule has 1 aliphatic heterocycles. The van der Waals surface area contributed by atoms with Crippen molar-refractivity contribution < 1.29 is 4.79 Å². The van der Waals surface area contributed by atoms with Crippen LogP contribution in [0.4, 0.5) is 0 Å². The van der Waals surface area contributed by atoms with Crippen LogP contribution in [0.2, 0.25) is 10.0 Å². The molecular weight excluding hydrogens is 393 g/mol. The number of carbonyl (C=O) groups excluding carboxylic acids is 1. The Bertz CT molecular complexity index is 838. The van der Waals surface area contributed by atoms with Gasteiger partial charge in [0.25, 0.3) is 5.91 Å². The highest BCUT2D eigenvalue weighted by Gasteiger charge is 2.19. The van der Waals surface area contributed by atoms with E-state index < -0.39 is 0 Å². The number of halogens is 2. The molecule has 0 bridgehead atoms. The second-order valence-corrected chi connectivity index (χ2v) is 7.65. The van der Waals surface area contributed by atoms with Gasteiger partial charge in [-0.1, -0.05) is 29.3 Å². The maximum atomic E-state index is 12.6. The van der Waals surface area contributed by atoms with Crippen LogP contribution in [0.5, 0.6) is 0 Å². The molecule has 5 N–H and O–H groups in total. The van der Waals surface area contributed by atoms with E-state index in [4.69, 9.17) is 28.9 Å².